The third-order valence-electron chi connectivity index (χ3n) is 2.34. The fourth-order valence-electron chi connectivity index (χ4n) is 1.75. The van der Waals surface area contributed by atoms with Crippen LogP contribution in [0.25, 0.3) is 0 Å². The average Bonchev–Trinajstić information content (AvgIpc) is 2.40. The molecule has 0 radical (unpaired) electrons. The number of aryl methyl sites for hydroxylation is 2. The molecule has 0 aliphatic rings. The maximum atomic E-state index is 11.6. The molecule has 0 bridgehead atoms. The Bertz CT molecular complexity index is 339. The number of ether oxygens (including phenoxy) is 1. The second-order valence-corrected chi connectivity index (χ2v) is 3.30. The lowest BCUT2D eigenvalue weighted by molar-refractivity contribution is 0.0524. The van der Waals surface area contributed by atoms with E-state index < -0.39 is 0 Å². The predicted molar refractivity (Wildman–Crippen MR) is 55.6 cm³/mol. The first-order valence-corrected chi connectivity index (χ1v) is 4.96. The van der Waals surface area contributed by atoms with Crippen LogP contribution in [0.4, 0.5) is 0 Å². The van der Waals surface area contributed by atoms with Crippen LogP contribution in [-0.4, -0.2) is 17.6 Å². The summed E-state index contributed by atoms with van der Waals surface area (Å²) < 4.78 is 5.01. The molecule has 0 aliphatic heterocycles. The standard InChI is InChI=1S/C11H17NO2/c1-5-9-7(3)12-8(4)10(9)11(13)14-6-2/h12H,5-6H2,1-4H3. The fraction of sp³-hybridized carbons (Fsp3) is 0.545. The van der Waals surface area contributed by atoms with Crippen molar-refractivity contribution in [2.75, 3.05) is 6.61 Å². The van der Waals surface area contributed by atoms with Gasteiger partial charge >= 0.3 is 5.97 Å². The van der Waals surface area contributed by atoms with Crippen LogP contribution in [0.3, 0.4) is 0 Å². The summed E-state index contributed by atoms with van der Waals surface area (Å²) in [5, 5.41) is 0. The van der Waals surface area contributed by atoms with Gasteiger partial charge in [-0.2, -0.15) is 0 Å². The van der Waals surface area contributed by atoms with Gasteiger partial charge in [-0.05, 0) is 32.8 Å². The number of H-pyrrole nitrogens is 1. The van der Waals surface area contributed by atoms with Crippen molar-refractivity contribution >= 4 is 5.97 Å². The molecule has 0 saturated carbocycles. The normalized spacial score (nSPS) is 10.3. The summed E-state index contributed by atoms with van der Waals surface area (Å²) in [6.07, 6.45) is 0.852. The monoisotopic (exact) mass is 195 g/mol. The number of aromatic amines is 1. The van der Waals surface area contributed by atoms with E-state index in [1.54, 1.807) is 0 Å². The van der Waals surface area contributed by atoms with E-state index in [0.29, 0.717) is 12.2 Å². The maximum Gasteiger partial charge on any atom is 0.340 e. The average molecular weight is 195 g/mol. The molecule has 14 heavy (non-hydrogen) atoms. The molecular weight excluding hydrogens is 178 g/mol. The zero-order valence-electron chi connectivity index (χ0n) is 9.23. The number of hydrogen-bond acceptors (Lipinski definition) is 2. The molecule has 1 aromatic rings. The summed E-state index contributed by atoms with van der Waals surface area (Å²) in [5.74, 6) is -0.216. The molecule has 0 spiro atoms. The molecule has 1 rings (SSSR count). The minimum absolute atomic E-state index is 0.216. The molecule has 0 aromatic carbocycles. The van der Waals surface area contributed by atoms with Crippen LogP contribution in [0, 0.1) is 13.8 Å². The lowest BCUT2D eigenvalue weighted by Crippen LogP contribution is -2.07. The molecule has 0 saturated heterocycles. The lowest BCUT2D eigenvalue weighted by Gasteiger charge is -2.03. The van der Waals surface area contributed by atoms with E-state index in [9.17, 15) is 4.79 Å². The van der Waals surface area contributed by atoms with Gasteiger partial charge in [0.15, 0.2) is 0 Å². The minimum atomic E-state index is -0.216. The topological polar surface area (TPSA) is 42.1 Å². The van der Waals surface area contributed by atoms with Gasteiger partial charge < -0.3 is 9.72 Å². The summed E-state index contributed by atoms with van der Waals surface area (Å²) in [7, 11) is 0. The Hall–Kier alpha value is -1.25. The molecule has 1 heterocycles. The highest BCUT2D eigenvalue weighted by Gasteiger charge is 2.18. The first-order chi connectivity index (χ1) is 6.61. The first kappa shape index (κ1) is 10.8. The van der Waals surface area contributed by atoms with Gasteiger partial charge in [-0.15, -0.1) is 0 Å². The van der Waals surface area contributed by atoms with Gasteiger partial charge in [0, 0.05) is 11.4 Å². The molecule has 3 heteroatoms. The van der Waals surface area contributed by atoms with Crippen molar-refractivity contribution in [1.29, 1.82) is 0 Å². The molecule has 0 fully saturated rings. The summed E-state index contributed by atoms with van der Waals surface area (Å²) in [6, 6.07) is 0. The number of carbonyl (C=O) groups excluding carboxylic acids is 1. The van der Waals surface area contributed by atoms with Crippen LogP contribution in [-0.2, 0) is 11.2 Å². The molecule has 78 valence electrons. The Kier molecular flexibility index (Phi) is 3.33. The summed E-state index contributed by atoms with van der Waals surface area (Å²) in [6.45, 7) is 8.16. The summed E-state index contributed by atoms with van der Waals surface area (Å²) >= 11 is 0. The molecule has 0 unspecified atom stereocenters. The Morgan fingerprint density at radius 2 is 1.93 bits per heavy atom. The van der Waals surface area contributed by atoms with Gasteiger partial charge in [-0.1, -0.05) is 6.92 Å². The second kappa shape index (κ2) is 4.31. The van der Waals surface area contributed by atoms with Gasteiger partial charge in [-0.3, -0.25) is 0 Å². The molecule has 0 atom stereocenters. The van der Waals surface area contributed by atoms with Crippen LogP contribution in [0.15, 0.2) is 0 Å². The Morgan fingerprint density at radius 3 is 2.43 bits per heavy atom. The highest BCUT2D eigenvalue weighted by molar-refractivity contribution is 5.92. The van der Waals surface area contributed by atoms with Crippen LogP contribution in [0.5, 0.6) is 0 Å². The van der Waals surface area contributed by atoms with Gasteiger partial charge in [0.25, 0.3) is 0 Å². The number of rotatable bonds is 3. The van der Waals surface area contributed by atoms with E-state index >= 15 is 0 Å². The number of esters is 1. The first-order valence-electron chi connectivity index (χ1n) is 4.96. The van der Waals surface area contributed by atoms with Crippen LogP contribution in [0.2, 0.25) is 0 Å². The van der Waals surface area contributed by atoms with Crippen LogP contribution < -0.4 is 0 Å². The predicted octanol–water partition coefficient (Wildman–Crippen LogP) is 2.37. The molecule has 3 nitrogen and oxygen atoms in total. The van der Waals surface area contributed by atoms with E-state index in [4.69, 9.17) is 4.74 Å². The van der Waals surface area contributed by atoms with Crippen molar-refractivity contribution in [2.45, 2.75) is 34.1 Å². The molecule has 1 aromatic heterocycles. The van der Waals surface area contributed by atoms with E-state index in [1.165, 1.54) is 0 Å². The van der Waals surface area contributed by atoms with Crippen molar-refractivity contribution in [1.82, 2.24) is 4.98 Å². The van der Waals surface area contributed by atoms with Gasteiger partial charge in [-0.25, -0.2) is 4.79 Å². The quantitative estimate of drug-likeness (QED) is 0.752. The highest BCUT2D eigenvalue weighted by Crippen LogP contribution is 2.19. The van der Waals surface area contributed by atoms with Crippen molar-refractivity contribution in [3.05, 3.63) is 22.5 Å². The number of carbonyl (C=O) groups is 1. The minimum Gasteiger partial charge on any atom is -0.462 e. The molecule has 0 amide bonds. The van der Waals surface area contributed by atoms with Crippen LogP contribution in [0.1, 0.15) is 41.2 Å². The zero-order chi connectivity index (χ0) is 10.7. The van der Waals surface area contributed by atoms with Gasteiger partial charge in [0.1, 0.15) is 0 Å². The highest BCUT2D eigenvalue weighted by atomic mass is 16.5. The third kappa shape index (κ3) is 1.81. The van der Waals surface area contributed by atoms with Gasteiger partial charge in [0.05, 0.1) is 12.2 Å². The van der Waals surface area contributed by atoms with Crippen molar-refractivity contribution in [3.8, 4) is 0 Å². The van der Waals surface area contributed by atoms with E-state index in [-0.39, 0.29) is 5.97 Å². The molecule has 0 aliphatic carbocycles. The van der Waals surface area contributed by atoms with E-state index in [1.807, 2.05) is 27.7 Å². The Balaban J connectivity index is 3.11. The molecular formula is C11H17NO2. The Morgan fingerprint density at radius 1 is 1.29 bits per heavy atom. The van der Waals surface area contributed by atoms with Crippen molar-refractivity contribution < 1.29 is 9.53 Å². The zero-order valence-corrected chi connectivity index (χ0v) is 9.23. The lowest BCUT2D eigenvalue weighted by atomic mass is 10.1. The third-order valence-corrected chi connectivity index (χ3v) is 2.34. The van der Waals surface area contributed by atoms with Gasteiger partial charge in [0.2, 0.25) is 0 Å². The van der Waals surface area contributed by atoms with Crippen LogP contribution >= 0.6 is 0 Å². The summed E-state index contributed by atoms with van der Waals surface area (Å²) in [5.41, 5.74) is 3.75. The fourth-order valence-corrected chi connectivity index (χ4v) is 1.75. The second-order valence-electron chi connectivity index (χ2n) is 3.30. The SMILES string of the molecule is CCOC(=O)c1c(C)[nH]c(C)c1CC. The van der Waals surface area contributed by atoms with Crippen molar-refractivity contribution in [3.63, 3.8) is 0 Å². The smallest absolute Gasteiger partial charge is 0.340 e. The maximum absolute atomic E-state index is 11.6. The largest absolute Gasteiger partial charge is 0.462 e. The number of aromatic nitrogens is 1. The van der Waals surface area contributed by atoms with E-state index in [2.05, 4.69) is 4.98 Å². The number of hydrogen-bond donors (Lipinski definition) is 1. The van der Waals surface area contributed by atoms with Crippen molar-refractivity contribution in [2.24, 2.45) is 0 Å². The Labute approximate surface area is 84.5 Å². The number of nitrogens with one attached hydrogen (secondary N) is 1. The molecule has 1 N–H and O–H groups in total. The summed E-state index contributed by atoms with van der Waals surface area (Å²) in [4.78, 5) is 14.8. The van der Waals surface area contributed by atoms with E-state index in [0.717, 1.165) is 23.4 Å².